The number of hydrogen-bond acceptors (Lipinski definition) is 7. The molecule has 2 aromatic heterocycles. The number of aromatic nitrogens is 4. The van der Waals surface area contributed by atoms with Crippen molar-refractivity contribution in [1.82, 2.24) is 19.5 Å². The lowest BCUT2D eigenvalue weighted by molar-refractivity contribution is -0.163. The number of imidazole rings is 1. The largest absolute Gasteiger partial charge is 0.396 e. The number of ether oxygens (including phenoxy) is 2. The highest BCUT2D eigenvalue weighted by atomic mass is 127. The van der Waals surface area contributed by atoms with Crippen molar-refractivity contribution >= 4 is 39.6 Å². The van der Waals surface area contributed by atoms with Gasteiger partial charge in [-0.2, -0.15) is 0 Å². The van der Waals surface area contributed by atoms with Crippen molar-refractivity contribution in [1.29, 1.82) is 0 Å². The number of fused-ring (bicyclic) bond motifs is 4. The summed E-state index contributed by atoms with van der Waals surface area (Å²) in [5.74, 6) is 2.08. The number of rotatable bonds is 6. The molecule has 4 aliphatic carbocycles. The standard InChI is InChI=1S/C22H28IN5O3/c1-21(2)30-16-15(12-7-22(12,8-29)17(16)31-21)28-9-24-14-18(26-20(23)27-19(14)28)25-13(10-3-4-10)11-5-6-11/h9-13,15-17,29H,3-8H2,1-2H3,(H,25,26,27)/t12-,15-,16+,17+,22+/m1/s1. The van der Waals surface area contributed by atoms with Gasteiger partial charge in [-0.3, -0.25) is 0 Å². The van der Waals surface area contributed by atoms with Crippen LogP contribution in [0.25, 0.3) is 11.2 Å². The quantitative estimate of drug-likeness (QED) is 0.432. The summed E-state index contributed by atoms with van der Waals surface area (Å²) in [6.07, 6.45) is 7.92. The molecule has 5 atom stereocenters. The summed E-state index contributed by atoms with van der Waals surface area (Å²) in [6, 6.07) is 0.567. The van der Waals surface area contributed by atoms with E-state index in [1.165, 1.54) is 25.7 Å². The van der Waals surface area contributed by atoms with Crippen molar-refractivity contribution in [2.75, 3.05) is 11.9 Å². The van der Waals surface area contributed by atoms with E-state index in [9.17, 15) is 5.11 Å². The van der Waals surface area contributed by atoms with Crippen LogP contribution in [-0.2, 0) is 9.47 Å². The van der Waals surface area contributed by atoms with E-state index in [1.54, 1.807) is 0 Å². The number of aliphatic hydroxyl groups is 1. The fraction of sp³-hybridized carbons (Fsp3) is 0.773. The maximum atomic E-state index is 10.2. The zero-order valence-corrected chi connectivity index (χ0v) is 19.9. The Morgan fingerprint density at radius 2 is 1.97 bits per heavy atom. The van der Waals surface area contributed by atoms with Crippen LogP contribution in [0.5, 0.6) is 0 Å². The zero-order valence-electron chi connectivity index (χ0n) is 17.8. The van der Waals surface area contributed by atoms with Crippen LogP contribution in [0.1, 0.15) is 52.0 Å². The Hall–Kier alpha value is -1.04. The summed E-state index contributed by atoms with van der Waals surface area (Å²) in [6.45, 7) is 4.05. The fourth-order valence-electron chi connectivity index (χ4n) is 6.37. The average Bonchev–Trinajstić information content (AvgIpc) is 3.62. The van der Waals surface area contributed by atoms with Gasteiger partial charge >= 0.3 is 0 Å². The van der Waals surface area contributed by atoms with Gasteiger partial charge in [0, 0.05) is 34.0 Å². The first kappa shape index (κ1) is 19.4. The first-order valence-corrected chi connectivity index (χ1v) is 12.6. The van der Waals surface area contributed by atoms with E-state index >= 15 is 0 Å². The molecule has 4 saturated carbocycles. The number of hydrogen-bond donors (Lipinski definition) is 2. The molecule has 0 radical (unpaired) electrons. The lowest BCUT2D eigenvalue weighted by atomic mass is 10.0. The van der Waals surface area contributed by atoms with Gasteiger partial charge in [0.1, 0.15) is 6.10 Å². The summed E-state index contributed by atoms with van der Waals surface area (Å²) >= 11 is 2.21. The van der Waals surface area contributed by atoms with Gasteiger partial charge in [-0.25, -0.2) is 15.0 Å². The predicted molar refractivity (Wildman–Crippen MR) is 121 cm³/mol. The molecule has 1 saturated heterocycles. The summed E-state index contributed by atoms with van der Waals surface area (Å²) in [7, 11) is 0. The van der Waals surface area contributed by atoms with Crippen LogP contribution in [0.2, 0.25) is 0 Å². The Kier molecular flexibility index (Phi) is 3.95. The fourth-order valence-corrected chi connectivity index (χ4v) is 6.84. The second-order valence-electron chi connectivity index (χ2n) is 10.7. The first-order chi connectivity index (χ1) is 14.9. The maximum absolute atomic E-state index is 10.2. The molecular weight excluding hydrogens is 509 g/mol. The van der Waals surface area contributed by atoms with Crippen molar-refractivity contribution in [3.63, 3.8) is 0 Å². The molecule has 5 fully saturated rings. The second-order valence-corrected chi connectivity index (χ2v) is 11.7. The lowest BCUT2D eigenvalue weighted by Gasteiger charge is -2.24. The molecule has 9 heteroatoms. The Morgan fingerprint density at radius 1 is 1.23 bits per heavy atom. The molecular formula is C22H28IN5O3. The molecule has 0 unspecified atom stereocenters. The molecule has 2 N–H and O–H groups in total. The van der Waals surface area contributed by atoms with E-state index in [0.29, 0.717) is 12.0 Å². The van der Waals surface area contributed by atoms with E-state index in [4.69, 9.17) is 24.4 Å². The maximum Gasteiger partial charge on any atom is 0.194 e. The van der Waals surface area contributed by atoms with E-state index < -0.39 is 5.79 Å². The molecule has 0 spiro atoms. The SMILES string of the molecule is CC1(C)O[C@H]2[C@H](n3cnc4c(NC(C5CC5)C5CC5)nc(I)nc43)[C@H]3C[C@@]3(CO)[C@H]2O1. The van der Waals surface area contributed by atoms with Crippen LogP contribution in [0, 0.1) is 27.0 Å². The molecule has 0 amide bonds. The van der Waals surface area contributed by atoms with Crippen LogP contribution in [-0.4, -0.2) is 55.3 Å². The van der Waals surface area contributed by atoms with Crippen molar-refractivity contribution in [3.8, 4) is 0 Å². The molecule has 0 aromatic carbocycles. The van der Waals surface area contributed by atoms with E-state index in [-0.39, 0.29) is 30.3 Å². The summed E-state index contributed by atoms with van der Waals surface area (Å²) < 4.78 is 15.5. The Morgan fingerprint density at radius 3 is 2.65 bits per heavy atom. The minimum absolute atomic E-state index is 0.0603. The zero-order chi connectivity index (χ0) is 21.1. The molecule has 5 aliphatic rings. The van der Waals surface area contributed by atoms with Crippen molar-refractivity contribution < 1.29 is 14.6 Å². The number of anilines is 1. The third-order valence-electron chi connectivity index (χ3n) is 8.20. The van der Waals surface area contributed by atoms with Crippen molar-refractivity contribution in [3.05, 3.63) is 10.2 Å². The number of aliphatic hydroxyl groups excluding tert-OH is 1. The first-order valence-electron chi connectivity index (χ1n) is 11.5. The van der Waals surface area contributed by atoms with Gasteiger partial charge in [0.15, 0.2) is 26.6 Å². The highest BCUT2D eigenvalue weighted by Gasteiger charge is 2.75. The molecule has 31 heavy (non-hydrogen) atoms. The minimum atomic E-state index is -0.641. The second kappa shape index (κ2) is 6.30. The molecule has 3 heterocycles. The van der Waals surface area contributed by atoms with Gasteiger partial charge in [0.2, 0.25) is 0 Å². The highest BCUT2D eigenvalue weighted by Crippen LogP contribution is 2.71. The highest BCUT2D eigenvalue weighted by molar-refractivity contribution is 14.1. The van der Waals surface area contributed by atoms with Crippen LogP contribution in [0.4, 0.5) is 5.82 Å². The molecule has 1 aliphatic heterocycles. The van der Waals surface area contributed by atoms with Gasteiger partial charge in [-0.15, -0.1) is 0 Å². The predicted octanol–water partition coefficient (Wildman–Crippen LogP) is 3.10. The van der Waals surface area contributed by atoms with E-state index in [0.717, 1.165) is 39.1 Å². The Bertz CT molecular complexity index is 1050. The molecule has 0 bridgehead atoms. The minimum Gasteiger partial charge on any atom is -0.396 e. The van der Waals surface area contributed by atoms with Crippen LogP contribution < -0.4 is 5.32 Å². The smallest absolute Gasteiger partial charge is 0.194 e. The van der Waals surface area contributed by atoms with Crippen LogP contribution in [0.15, 0.2) is 6.33 Å². The number of nitrogens with one attached hydrogen (secondary N) is 1. The number of nitrogens with zero attached hydrogens (tertiary/aromatic N) is 4. The molecule has 2 aromatic rings. The van der Waals surface area contributed by atoms with Gasteiger partial charge in [0.25, 0.3) is 0 Å². The monoisotopic (exact) mass is 537 g/mol. The van der Waals surface area contributed by atoms with Crippen LogP contribution >= 0.6 is 22.6 Å². The molecule has 7 rings (SSSR count). The Labute approximate surface area is 194 Å². The summed E-state index contributed by atoms with van der Waals surface area (Å²) in [4.78, 5) is 14.3. The van der Waals surface area contributed by atoms with Crippen LogP contribution in [0.3, 0.4) is 0 Å². The summed E-state index contributed by atoms with van der Waals surface area (Å²) in [5.41, 5.74) is 1.48. The molecule has 8 nitrogen and oxygen atoms in total. The van der Waals surface area contributed by atoms with E-state index in [2.05, 4.69) is 32.5 Å². The lowest BCUT2D eigenvalue weighted by Crippen LogP contribution is -2.33. The van der Waals surface area contributed by atoms with Gasteiger partial charge < -0.3 is 24.5 Å². The topological polar surface area (TPSA) is 94.3 Å². The normalized spacial score (nSPS) is 38.0. The van der Waals surface area contributed by atoms with Crippen molar-refractivity contribution in [2.24, 2.45) is 23.2 Å². The van der Waals surface area contributed by atoms with Gasteiger partial charge in [-0.1, -0.05) is 0 Å². The third kappa shape index (κ3) is 2.85. The Balaban J connectivity index is 1.28. The van der Waals surface area contributed by atoms with Crippen molar-refractivity contribution in [2.45, 2.75) is 76.0 Å². The third-order valence-corrected chi connectivity index (χ3v) is 8.68. The average molecular weight is 537 g/mol. The van der Waals surface area contributed by atoms with E-state index in [1.807, 2.05) is 20.2 Å². The van der Waals surface area contributed by atoms with Gasteiger partial charge in [0.05, 0.1) is 25.1 Å². The van der Waals surface area contributed by atoms with Gasteiger partial charge in [-0.05, 0) is 63.7 Å². The molecule has 166 valence electrons. The number of halogens is 1. The summed E-state index contributed by atoms with van der Waals surface area (Å²) in [5, 5.41) is 14.0.